The summed E-state index contributed by atoms with van der Waals surface area (Å²) in [5.74, 6) is 0.608. The maximum atomic E-state index is 14.1. The number of para-hydroxylation sites is 1. The van der Waals surface area contributed by atoms with Gasteiger partial charge in [-0.25, -0.2) is 4.39 Å². The number of anilines is 1. The van der Waals surface area contributed by atoms with Gasteiger partial charge in [0.05, 0.1) is 12.8 Å². The summed E-state index contributed by atoms with van der Waals surface area (Å²) in [5, 5.41) is 0.653. The average Bonchev–Trinajstić information content (AvgIpc) is 2.47. The van der Waals surface area contributed by atoms with E-state index in [-0.39, 0.29) is 5.82 Å². The molecule has 0 fully saturated rings. The molecule has 0 heterocycles. The van der Waals surface area contributed by atoms with E-state index in [2.05, 4.69) is 15.9 Å². The highest BCUT2D eigenvalue weighted by molar-refractivity contribution is 9.08. The van der Waals surface area contributed by atoms with Crippen LogP contribution >= 0.6 is 15.9 Å². The lowest BCUT2D eigenvalue weighted by Crippen LogP contribution is -2.18. The van der Waals surface area contributed by atoms with Gasteiger partial charge in [-0.2, -0.15) is 0 Å². The Kier molecular flexibility index (Phi) is 5.01. The highest BCUT2D eigenvalue weighted by Crippen LogP contribution is 2.25. The Morgan fingerprint density at radius 2 is 1.95 bits per heavy atom. The van der Waals surface area contributed by atoms with Crippen LogP contribution in [0.4, 0.5) is 10.1 Å². The Balaban J connectivity index is 2.21. The van der Waals surface area contributed by atoms with Gasteiger partial charge in [-0.05, 0) is 23.8 Å². The van der Waals surface area contributed by atoms with Crippen LogP contribution < -0.4 is 9.64 Å². The van der Waals surface area contributed by atoms with Gasteiger partial charge in [-0.15, -0.1) is 0 Å². The molecule has 2 aromatic rings. The van der Waals surface area contributed by atoms with Crippen LogP contribution in [0.5, 0.6) is 5.75 Å². The molecule has 0 saturated carbocycles. The SMILES string of the molecule is COc1ccccc1CN(C)c1ccc(CBr)cc1F. The predicted octanol–water partition coefficient (Wildman–Crippen LogP) is 4.37. The van der Waals surface area contributed by atoms with Crippen LogP contribution in [0.1, 0.15) is 11.1 Å². The van der Waals surface area contributed by atoms with Crippen molar-refractivity contribution in [1.82, 2.24) is 0 Å². The van der Waals surface area contributed by atoms with Crippen LogP contribution in [-0.4, -0.2) is 14.2 Å². The summed E-state index contributed by atoms with van der Waals surface area (Å²) in [6.45, 7) is 0.592. The van der Waals surface area contributed by atoms with E-state index in [1.165, 1.54) is 0 Å². The third-order valence-corrected chi connectivity index (χ3v) is 3.83. The number of hydrogen-bond donors (Lipinski definition) is 0. The number of rotatable bonds is 5. The lowest BCUT2D eigenvalue weighted by atomic mass is 10.1. The van der Waals surface area contributed by atoms with Crippen molar-refractivity contribution in [3.8, 4) is 5.75 Å². The molecule has 2 nitrogen and oxygen atoms in total. The number of alkyl halides is 1. The zero-order chi connectivity index (χ0) is 14.5. The number of hydrogen-bond acceptors (Lipinski definition) is 2. The molecule has 4 heteroatoms. The Morgan fingerprint density at radius 1 is 1.20 bits per heavy atom. The van der Waals surface area contributed by atoms with Crippen LogP contribution in [-0.2, 0) is 11.9 Å². The van der Waals surface area contributed by atoms with E-state index in [1.54, 1.807) is 19.2 Å². The Hall–Kier alpha value is -1.55. The van der Waals surface area contributed by atoms with Gasteiger partial charge >= 0.3 is 0 Å². The minimum atomic E-state index is -0.209. The fourth-order valence-corrected chi connectivity index (χ4v) is 2.47. The molecule has 106 valence electrons. The average molecular weight is 338 g/mol. The molecule has 0 N–H and O–H groups in total. The van der Waals surface area contributed by atoms with E-state index in [1.807, 2.05) is 42.3 Å². The van der Waals surface area contributed by atoms with Gasteiger partial charge < -0.3 is 9.64 Å². The standard InChI is InChI=1S/C16H17BrFNO/c1-19(11-13-5-3-4-6-16(13)20-2)15-8-7-12(10-17)9-14(15)18/h3-9H,10-11H2,1-2H3. The first-order valence-electron chi connectivity index (χ1n) is 6.33. The van der Waals surface area contributed by atoms with E-state index < -0.39 is 0 Å². The zero-order valence-corrected chi connectivity index (χ0v) is 13.2. The fraction of sp³-hybridized carbons (Fsp3) is 0.250. The second kappa shape index (κ2) is 6.75. The molecule has 2 rings (SSSR count). The van der Waals surface area contributed by atoms with Gasteiger partial charge in [0.2, 0.25) is 0 Å². The van der Waals surface area contributed by atoms with Crippen molar-refractivity contribution in [2.45, 2.75) is 11.9 Å². The highest BCUT2D eigenvalue weighted by Gasteiger charge is 2.11. The van der Waals surface area contributed by atoms with Crippen LogP contribution in [0.15, 0.2) is 42.5 Å². The smallest absolute Gasteiger partial charge is 0.146 e. The minimum Gasteiger partial charge on any atom is -0.496 e. The maximum Gasteiger partial charge on any atom is 0.146 e. The second-order valence-electron chi connectivity index (χ2n) is 4.59. The highest BCUT2D eigenvalue weighted by atomic mass is 79.9. The third kappa shape index (κ3) is 3.31. The molecule has 0 aliphatic rings. The summed E-state index contributed by atoms with van der Waals surface area (Å²) in [4.78, 5) is 1.88. The van der Waals surface area contributed by atoms with Gasteiger partial charge in [0.1, 0.15) is 11.6 Å². The predicted molar refractivity (Wildman–Crippen MR) is 84.1 cm³/mol. The van der Waals surface area contributed by atoms with Crippen LogP contribution in [0, 0.1) is 5.82 Å². The van der Waals surface area contributed by atoms with Gasteiger partial charge in [0.15, 0.2) is 0 Å². The Bertz CT molecular complexity index is 588. The van der Waals surface area contributed by atoms with E-state index in [0.29, 0.717) is 17.6 Å². The number of nitrogens with zero attached hydrogens (tertiary/aromatic N) is 1. The summed E-state index contributed by atoms with van der Waals surface area (Å²) in [7, 11) is 3.52. The van der Waals surface area contributed by atoms with Crippen molar-refractivity contribution >= 4 is 21.6 Å². The van der Waals surface area contributed by atoms with Crippen LogP contribution in [0.3, 0.4) is 0 Å². The molecular weight excluding hydrogens is 321 g/mol. The van der Waals surface area contributed by atoms with Crippen molar-refractivity contribution in [3.05, 3.63) is 59.4 Å². The summed E-state index contributed by atoms with van der Waals surface area (Å²) in [5.41, 5.74) is 2.54. The lowest BCUT2D eigenvalue weighted by molar-refractivity contribution is 0.409. The Morgan fingerprint density at radius 3 is 2.60 bits per heavy atom. The molecule has 20 heavy (non-hydrogen) atoms. The topological polar surface area (TPSA) is 12.5 Å². The number of methoxy groups -OCH3 is 1. The quantitative estimate of drug-likeness (QED) is 0.751. The molecule has 0 spiro atoms. The Labute approximate surface area is 127 Å². The second-order valence-corrected chi connectivity index (χ2v) is 5.15. The van der Waals surface area contributed by atoms with Crippen LogP contribution in [0.25, 0.3) is 0 Å². The van der Waals surface area contributed by atoms with Crippen molar-refractivity contribution < 1.29 is 9.13 Å². The van der Waals surface area contributed by atoms with Crippen molar-refractivity contribution in [3.63, 3.8) is 0 Å². The van der Waals surface area contributed by atoms with Crippen LogP contribution in [0.2, 0.25) is 0 Å². The van der Waals surface area contributed by atoms with Crippen molar-refractivity contribution in [1.29, 1.82) is 0 Å². The molecule has 0 bridgehead atoms. The lowest BCUT2D eigenvalue weighted by Gasteiger charge is -2.21. The van der Waals surface area contributed by atoms with Gasteiger partial charge in [0.25, 0.3) is 0 Å². The van der Waals surface area contributed by atoms with E-state index in [4.69, 9.17) is 4.74 Å². The molecule has 0 aliphatic carbocycles. The maximum absolute atomic E-state index is 14.1. The molecule has 2 aromatic carbocycles. The van der Waals surface area contributed by atoms with E-state index in [0.717, 1.165) is 16.9 Å². The molecule has 0 amide bonds. The summed E-state index contributed by atoms with van der Waals surface area (Å²) >= 11 is 3.33. The molecule has 0 radical (unpaired) electrons. The fourth-order valence-electron chi connectivity index (χ4n) is 2.12. The minimum absolute atomic E-state index is 0.209. The number of benzene rings is 2. The molecule has 0 saturated heterocycles. The third-order valence-electron chi connectivity index (χ3n) is 3.18. The summed E-state index contributed by atoms with van der Waals surface area (Å²) in [6, 6.07) is 13.1. The first-order chi connectivity index (χ1) is 9.65. The molecule has 0 atom stereocenters. The van der Waals surface area contributed by atoms with E-state index >= 15 is 0 Å². The molecule has 0 aromatic heterocycles. The van der Waals surface area contributed by atoms with Gasteiger partial charge in [0, 0.05) is 24.5 Å². The van der Waals surface area contributed by atoms with Gasteiger partial charge in [-0.1, -0.05) is 40.2 Å². The normalized spacial score (nSPS) is 10.4. The van der Waals surface area contributed by atoms with Crippen molar-refractivity contribution in [2.75, 3.05) is 19.1 Å². The van der Waals surface area contributed by atoms with Gasteiger partial charge in [-0.3, -0.25) is 0 Å². The zero-order valence-electron chi connectivity index (χ0n) is 11.6. The van der Waals surface area contributed by atoms with E-state index in [9.17, 15) is 4.39 Å². The summed E-state index contributed by atoms with van der Waals surface area (Å²) in [6.07, 6.45) is 0. The van der Waals surface area contributed by atoms with Crippen molar-refractivity contribution in [2.24, 2.45) is 0 Å². The molecule has 0 unspecified atom stereocenters. The summed E-state index contributed by atoms with van der Waals surface area (Å²) < 4.78 is 19.4. The first kappa shape index (κ1) is 14.9. The monoisotopic (exact) mass is 337 g/mol. The first-order valence-corrected chi connectivity index (χ1v) is 7.45. The molecular formula is C16H17BrFNO. The molecule has 0 aliphatic heterocycles. The largest absolute Gasteiger partial charge is 0.496 e. The number of ether oxygens (including phenoxy) is 1. The number of halogens is 2.